The van der Waals surface area contributed by atoms with Crippen molar-refractivity contribution < 1.29 is 28.6 Å². The molecule has 0 bridgehead atoms. The number of benzene rings is 2. The summed E-state index contributed by atoms with van der Waals surface area (Å²) in [5, 5.41) is 5.18. The molecule has 8 nitrogen and oxygen atoms in total. The van der Waals surface area contributed by atoms with Gasteiger partial charge >= 0.3 is 18.2 Å². The Morgan fingerprint density at radius 3 is 2.26 bits per heavy atom. The van der Waals surface area contributed by atoms with E-state index in [1.165, 1.54) is 7.11 Å². The van der Waals surface area contributed by atoms with Crippen LogP contribution in [0.3, 0.4) is 0 Å². The Morgan fingerprint density at radius 1 is 0.935 bits per heavy atom. The van der Waals surface area contributed by atoms with Crippen molar-refractivity contribution in [2.24, 2.45) is 0 Å². The summed E-state index contributed by atoms with van der Waals surface area (Å²) in [5.74, 6) is -0.609. The second-order valence-electron chi connectivity index (χ2n) is 7.81. The third-order valence-electron chi connectivity index (χ3n) is 4.00. The smallest absolute Gasteiger partial charge is 0.412 e. The molecule has 8 heteroatoms. The van der Waals surface area contributed by atoms with Crippen molar-refractivity contribution in [2.75, 3.05) is 12.4 Å². The number of ether oxygens (including phenoxy) is 3. The Hall–Kier alpha value is -3.55. The summed E-state index contributed by atoms with van der Waals surface area (Å²) in [5.41, 5.74) is 1.41. The molecule has 0 aliphatic heterocycles. The van der Waals surface area contributed by atoms with E-state index in [0.717, 1.165) is 5.56 Å². The molecule has 2 aromatic carbocycles. The lowest BCUT2D eigenvalue weighted by atomic mass is 10.1. The fourth-order valence-corrected chi connectivity index (χ4v) is 2.68. The van der Waals surface area contributed by atoms with Crippen LogP contribution >= 0.6 is 0 Å². The maximum absolute atomic E-state index is 12.2. The number of amides is 2. The first-order chi connectivity index (χ1) is 14.7. The van der Waals surface area contributed by atoms with E-state index >= 15 is 0 Å². The molecule has 2 rings (SSSR count). The Kier molecular flexibility index (Phi) is 8.43. The maximum Gasteiger partial charge on any atom is 0.412 e. The van der Waals surface area contributed by atoms with Crippen LogP contribution in [-0.2, 0) is 32.0 Å². The topological polar surface area (TPSA) is 103 Å². The summed E-state index contributed by atoms with van der Waals surface area (Å²) >= 11 is 0. The minimum atomic E-state index is -0.954. The van der Waals surface area contributed by atoms with Crippen LogP contribution in [-0.4, -0.2) is 36.9 Å². The van der Waals surface area contributed by atoms with Crippen LogP contribution in [0, 0.1) is 0 Å². The zero-order chi connectivity index (χ0) is 22.9. The molecule has 31 heavy (non-hydrogen) atoms. The van der Waals surface area contributed by atoms with Gasteiger partial charge in [0.2, 0.25) is 0 Å². The van der Waals surface area contributed by atoms with E-state index in [4.69, 9.17) is 14.2 Å². The van der Waals surface area contributed by atoms with Gasteiger partial charge in [0.1, 0.15) is 18.2 Å². The van der Waals surface area contributed by atoms with Gasteiger partial charge < -0.3 is 19.5 Å². The Balaban J connectivity index is 1.99. The molecule has 2 N–H and O–H groups in total. The van der Waals surface area contributed by atoms with Crippen molar-refractivity contribution in [3.8, 4) is 0 Å². The number of alkyl carbamates (subject to hydrolysis) is 1. The number of nitrogens with one attached hydrogen (secondary N) is 2. The van der Waals surface area contributed by atoms with Gasteiger partial charge in [-0.25, -0.2) is 14.4 Å². The van der Waals surface area contributed by atoms with Crippen molar-refractivity contribution in [2.45, 2.75) is 45.4 Å². The summed E-state index contributed by atoms with van der Waals surface area (Å²) < 4.78 is 15.2. The molecule has 0 spiro atoms. The predicted octanol–water partition coefficient (Wildman–Crippen LogP) is 4.04. The number of carbonyl (C=O) groups excluding carboxylic acids is 3. The van der Waals surface area contributed by atoms with E-state index in [9.17, 15) is 14.4 Å². The molecular formula is C23H28N2O6. The summed E-state index contributed by atoms with van der Waals surface area (Å²) in [4.78, 5) is 36.3. The molecule has 2 aromatic rings. The van der Waals surface area contributed by atoms with Gasteiger partial charge in [-0.05, 0) is 44.0 Å². The van der Waals surface area contributed by atoms with E-state index in [0.29, 0.717) is 11.3 Å². The fraction of sp³-hybridized carbons (Fsp3) is 0.348. The lowest BCUT2D eigenvalue weighted by Gasteiger charge is -2.20. The highest BCUT2D eigenvalue weighted by Crippen LogP contribution is 2.15. The number of carbonyl (C=O) groups is 3. The molecule has 2 amide bonds. The molecule has 0 aliphatic carbocycles. The largest absolute Gasteiger partial charge is 0.467 e. The quantitative estimate of drug-likeness (QED) is 0.510. The van der Waals surface area contributed by atoms with Gasteiger partial charge in [0.15, 0.2) is 0 Å². The third-order valence-corrected chi connectivity index (χ3v) is 4.00. The SMILES string of the molecule is COC(=O)C(Cc1cccc(NC(=O)OC(C)(C)C)c1)NC(=O)OCc1ccccc1. The van der Waals surface area contributed by atoms with Crippen LogP contribution in [0.15, 0.2) is 54.6 Å². The van der Waals surface area contributed by atoms with Crippen molar-refractivity contribution in [1.29, 1.82) is 0 Å². The molecular weight excluding hydrogens is 400 g/mol. The number of hydrogen-bond acceptors (Lipinski definition) is 6. The first kappa shape index (κ1) is 23.7. The summed E-state index contributed by atoms with van der Waals surface area (Å²) in [6.07, 6.45) is -1.17. The summed E-state index contributed by atoms with van der Waals surface area (Å²) in [7, 11) is 1.24. The molecule has 0 fully saturated rings. The van der Waals surface area contributed by atoms with Crippen LogP contribution in [0.1, 0.15) is 31.9 Å². The highest BCUT2D eigenvalue weighted by Gasteiger charge is 2.23. The highest BCUT2D eigenvalue weighted by molar-refractivity contribution is 5.85. The van der Waals surface area contributed by atoms with Gasteiger partial charge in [-0.2, -0.15) is 0 Å². The van der Waals surface area contributed by atoms with Gasteiger partial charge in [0.25, 0.3) is 0 Å². The van der Waals surface area contributed by atoms with Gasteiger partial charge in [0, 0.05) is 12.1 Å². The van der Waals surface area contributed by atoms with E-state index in [2.05, 4.69) is 10.6 Å². The molecule has 0 aliphatic rings. The van der Waals surface area contributed by atoms with Crippen molar-refractivity contribution in [3.05, 3.63) is 65.7 Å². The minimum Gasteiger partial charge on any atom is -0.467 e. The van der Waals surface area contributed by atoms with Gasteiger partial charge in [0.05, 0.1) is 7.11 Å². The van der Waals surface area contributed by atoms with Gasteiger partial charge in [-0.3, -0.25) is 5.32 Å². The highest BCUT2D eigenvalue weighted by atomic mass is 16.6. The van der Waals surface area contributed by atoms with Crippen LogP contribution in [0.25, 0.3) is 0 Å². The lowest BCUT2D eigenvalue weighted by Crippen LogP contribution is -2.43. The van der Waals surface area contributed by atoms with Crippen LogP contribution in [0.4, 0.5) is 15.3 Å². The van der Waals surface area contributed by atoms with Crippen LogP contribution < -0.4 is 10.6 Å². The number of methoxy groups -OCH3 is 1. The molecule has 0 heterocycles. The Bertz CT molecular complexity index is 892. The average molecular weight is 428 g/mol. The molecule has 1 atom stereocenters. The average Bonchev–Trinajstić information content (AvgIpc) is 2.70. The second-order valence-corrected chi connectivity index (χ2v) is 7.81. The predicted molar refractivity (Wildman–Crippen MR) is 116 cm³/mol. The van der Waals surface area contributed by atoms with E-state index in [1.54, 1.807) is 45.0 Å². The zero-order valence-corrected chi connectivity index (χ0v) is 18.1. The molecule has 0 aromatic heterocycles. The number of hydrogen-bond donors (Lipinski definition) is 2. The molecule has 0 saturated carbocycles. The first-order valence-electron chi connectivity index (χ1n) is 9.80. The Labute approximate surface area is 181 Å². The zero-order valence-electron chi connectivity index (χ0n) is 18.1. The van der Waals surface area contributed by atoms with Gasteiger partial charge in [-0.15, -0.1) is 0 Å². The molecule has 0 radical (unpaired) electrons. The van der Waals surface area contributed by atoms with Crippen molar-refractivity contribution in [1.82, 2.24) is 5.32 Å². The van der Waals surface area contributed by atoms with E-state index in [-0.39, 0.29) is 13.0 Å². The summed E-state index contributed by atoms with van der Waals surface area (Å²) in [6, 6.07) is 15.1. The molecule has 1 unspecified atom stereocenters. The Morgan fingerprint density at radius 2 is 1.61 bits per heavy atom. The number of esters is 1. The number of rotatable bonds is 7. The second kappa shape index (κ2) is 11.0. The minimum absolute atomic E-state index is 0.0792. The molecule has 166 valence electrons. The van der Waals surface area contributed by atoms with Gasteiger partial charge in [-0.1, -0.05) is 42.5 Å². The van der Waals surface area contributed by atoms with E-state index in [1.807, 2.05) is 30.3 Å². The summed E-state index contributed by atoms with van der Waals surface area (Å²) in [6.45, 7) is 5.39. The number of anilines is 1. The standard InChI is InChI=1S/C23H28N2O6/c1-23(2,3)31-22(28)24-18-12-8-11-17(13-18)14-19(20(26)29-4)25-21(27)30-15-16-9-6-5-7-10-16/h5-13,19H,14-15H2,1-4H3,(H,24,28)(H,25,27). The van der Waals surface area contributed by atoms with E-state index < -0.39 is 29.8 Å². The maximum atomic E-state index is 12.2. The third kappa shape index (κ3) is 8.77. The van der Waals surface area contributed by atoms with Crippen molar-refractivity contribution in [3.63, 3.8) is 0 Å². The van der Waals surface area contributed by atoms with Crippen LogP contribution in [0.5, 0.6) is 0 Å². The lowest BCUT2D eigenvalue weighted by molar-refractivity contribution is -0.143. The molecule has 0 saturated heterocycles. The van der Waals surface area contributed by atoms with Crippen LogP contribution in [0.2, 0.25) is 0 Å². The first-order valence-corrected chi connectivity index (χ1v) is 9.80. The monoisotopic (exact) mass is 428 g/mol. The fourth-order valence-electron chi connectivity index (χ4n) is 2.68. The normalized spacial score (nSPS) is 11.7. The van der Waals surface area contributed by atoms with Crippen molar-refractivity contribution >= 4 is 23.8 Å².